The summed E-state index contributed by atoms with van der Waals surface area (Å²) in [5, 5.41) is 13.4. The lowest BCUT2D eigenvalue weighted by molar-refractivity contribution is 0.259. The lowest BCUT2D eigenvalue weighted by atomic mass is 9.84. The summed E-state index contributed by atoms with van der Waals surface area (Å²) in [4.78, 5) is 0. The van der Waals surface area contributed by atoms with Crippen LogP contribution in [0.1, 0.15) is 38.2 Å². The molecular formula is C16H23NO. The predicted octanol–water partition coefficient (Wildman–Crippen LogP) is 3.31. The zero-order chi connectivity index (χ0) is 12.5. The Hall–Kier alpha value is -1.02. The molecule has 98 valence electrons. The van der Waals surface area contributed by atoms with Gasteiger partial charge in [0.25, 0.3) is 0 Å². The second kappa shape index (κ2) is 4.93. The highest BCUT2D eigenvalue weighted by Gasteiger charge is 2.41. The Bertz CT molecular complexity index is 417. The normalized spacial score (nSPS) is 31.7. The number of hydrogen-bond donors (Lipinski definition) is 2. The van der Waals surface area contributed by atoms with Crippen molar-refractivity contribution in [1.29, 1.82) is 0 Å². The lowest BCUT2D eigenvalue weighted by Crippen LogP contribution is -2.35. The van der Waals surface area contributed by atoms with Gasteiger partial charge >= 0.3 is 0 Å². The maximum atomic E-state index is 9.75. The van der Waals surface area contributed by atoms with Gasteiger partial charge in [-0.1, -0.05) is 24.6 Å². The molecule has 2 aliphatic carbocycles. The monoisotopic (exact) mass is 245 g/mol. The highest BCUT2D eigenvalue weighted by Crippen LogP contribution is 2.49. The van der Waals surface area contributed by atoms with E-state index in [1.54, 1.807) is 6.07 Å². The van der Waals surface area contributed by atoms with Gasteiger partial charge in [0.2, 0.25) is 0 Å². The third-order valence-corrected chi connectivity index (χ3v) is 5.04. The van der Waals surface area contributed by atoms with E-state index in [2.05, 4.69) is 12.2 Å². The highest BCUT2D eigenvalue weighted by atomic mass is 16.3. The molecule has 1 aromatic rings. The fourth-order valence-corrected chi connectivity index (χ4v) is 3.99. The molecule has 0 aromatic heterocycles. The molecule has 2 saturated carbocycles. The third-order valence-electron chi connectivity index (χ3n) is 5.04. The largest absolute Gasteiger partial charge is 0.508 e. The van der Waals surface area contributed by atoms with Crippen LogP contribution in [0.3, 0.4) is 0 Å². The summed E-state index contributed by atoms with van der Waals surface area (Å²) in [7, 11) is 0. The number of benzene rings is 1. The number of hydrogen-bond acceptors (Lipinski definition) is 2. The van der Waals surface area contributed by atoms with Gasteiger partial charge in [0, 0.05) is 18.2 Å². The molecule has 0 saturated heterocycles. The van der Waals surface area contributed by atoms with E-state index in [0.29, 0.717) is 11.8 Å². The van der Waals surface area contributed by atoms with Crippen LogP contribution in [-0.4, -0.2) is 11.1 Å². The molecule has 0 spiro atoms. The Morgan fingerprint density at radius 2 is 2.11 bits per heavy atom. The van der Waals surface area contributed by atoms with Gasteiger partial charge in [-0.15, -0.1) is 0 Å². The first-order valence-corrected chi connectivity index (χ1v) is 7.24. The standard InChI is InChI=1S/C16H23NO/c1-11(15-9-12-6-7-13(15)8-12)17-10-14-4-2-3-5-16(14)18/h2-5,11-13,15,17-18H,6-10H2,1H3/t11-,12-,13-,15+/m0/s1. The Labute approximate surface area is 109 Å². The molecule has 2 aliphatic rings. The molecule has 2 nitrogen and oxygen atoms in total. The summed E-state index contributed by atoms with van der Waals surface area (Å²) in [5.74, 6) is 3.23. The molecule has 18 heavy (non-hydrogen) atoms. The van der Waals surface area contributed by atoms with Crippen molar-refractivity contribution in [2.45, 2.75) is 45.2 Å². The second-order valence-electron chi connectivity index (χ2n) is 6.14. The number of rotatable bonds is 4. The van der Waals surface area contributed by atoms with Gasteiger partial charge in [-0.2, -0.15) is 0 Å². The molecule has 3 rings (SSSR count). The van der Waals surface area contributed by atoms with Crippen molar-refractivity contribution in [2.24, 2.45) is 17.8 Å². The summed E-state index contributed by atoms with van der Waals surface area (Å²) in [6, 6.07) is 8.19. The van der Waals surface area contributed by atoms with Crippen molar-refractivity contribution in [3.63, 3.8) is 0 Å². The van der Waals surface area contributed by atoms with Gasteiger partial charge in [-0.25, -0.2) is 0 Å². The molecule has 1 aromatic carbocycles. The van der Waals surface area contributed by atoms with Crippen molar-refractivity contribution < 1.29 is 5.11 Å². The van der Waals surface area contributed by atoms with Crippen LogP contribution in [-0.2, 0) is 6.54 Å². The predicted molar refractivity (Wildman–Crippen MR) is 73.3 cm³/mol. The maximum Gasteiger partial charge on any atom is 0.120 e. The number of fused-ring (bicyclic) bond motifs is 2. The van der Waals surface area contributed by atoms with E-state index in [9.17, 15) is 5.11 Å². The van der Waals surface area contributed by atoms with E-state index in [1.807, 2.05) is 18.2 Å². The molecule has 2 fully saturated rings. The van der Waals surface area contributed by atoms with Crippen molar-refractivity contribution in [3.05, 3.63) is 29.8 Å². The Morgan fingerprint density at radius 3 is 2.78 bits per heavy atom. The van der Waals surface area contributed by atoms with Gasteiger partial charge in [0.1, 0.15) is 5.75 Å². The zero-order valence-corrected chi connectivity index (χ0v) is 11.1. The fraction of sp³-hybridized carbons (Fsp3) is 0.625. The molecule has 0 amide bonds. The molecule has 0 heterocycles. The van der Waals surface area contributed by atoms with Crippen LogP contribution < -0.4 is 5.32 Å². The minimum Gasteiger partial charge on any atom is -0.508 e. The topological polar surface area (TPSA) is 32.3 Å². The molecule has 2 heteroatoms. The summed E-state index contributed by atoms with van der Waals surface area (Å²) in [6.07, 6.45) is 5.79. The van der Waals surface area contributed by atoms with Crippen molar-refractivity contribution in [3.8, 4) is 5.75 Å². The minimum absolute atomic E-state index is 0.408. The third kappa shape index (κ3) is 2.26. The van der Waals surface area contributed by atoms with Crippen LogP contribution in [0.2, 0.25) is 0 Å². The summed E-state index contributed by atoms with van der Waals surface area (Å²) in [5.41, 5.74) is 1.01. The molecule has 2 N–H and O–H groups in total. The SMILES string of the molecule is C[C@H](NCc1ccccc1O)[C@H]1C[C@H]2CC[C@H]1C2. The van der Waals surface area contributed by atoms with Gasteiger partial charge in [0.05, 0.1) is 0 Å². The van der Waals surface area contributed by atoms with Gasteiger partial charge < -0.3 is 10.4 Å². The number of phenolic OH excluding ortho intramolecular Hbond substituents is 1. The fourth-order valence-electron chi connectivity index (χ4n) is 3.99. The summed E-state index contributed by atoms with van der Waals surface area (Å²) < 4.78 is 0. The van der Waals surface area contributed by atoms with E-state index < -0.39 is 0 Å². The molecule has 0 unspecified atom stereocenters. The highest BCUT2D eigenvalue weighted by molar-refractivity contribution is 5.31. The van der Waals surface area contributed by atoms with Crippen LogP contribution in [0.5, 0.6) is 5.75 Å². The lowest BCUT2D eigenvalue weighted by Gasteiger charge is -2.28. The van der Waals surface area contributed by atoms with Gasteiger partial charge in [0.15, 0.2) is 0 Å². The van der Waals surface area contributed by atoms with E-state index in [1.165, 1.54) is 25.7 Å². The average Bonchev–Trinajstić information content (AvgIpc) is 2.99. The number of phenols is 1. The first-order valence-electron chi connectivity index (χ1n) is 7.24. The molecular weight excluding hydrogens is 222 g/mol. The molecule has 4 atom stereocenters. The summed E-state index contributed by atoms with van der Waals surface area (Å²) >= 11 is 0. The van der Waals surface area contributed by atoms with Crippen LogP contribution in [0, 0.1) is 17.8 Å². The van der Waals surface area contributed by atoms with Gasteiger partial charge in [-0.05, 0) is 50.0 Å². The van der Waals surface area contributed by atoms with E-state index in [0.717, 1.165) is 29.9 Å². The van der Waals surface area contributed by atoms with Gasteiger partial charge in [-0.3, -0.25) is 0 Å². The quantitative estimate of drug-likeness (QED) is 0.853. The van der Waals surface area contributed by atoms with E-state index >= 15 is 0 Å². The first kappa shape index (κ1) is 12.0. The Morgan fingerprint density at radius 1 is 1.28 bits per heavy atom. The van der Waals surface area contributed by atoms with Crippen LogP contribution in [0.4, 0.5) is 0 Å². The number of para-hydroxylation sites is 1. The van der Waals surface area contributed by atoms with Crippen molar-refractivity contribution in [2.75, 3.05) is 0 Å². The van der Waals surface area contributed by atoms with Crippen molar-refractivity contribution in [1.82, 2.24) is 5.32 Å². The zero-order valence-electron chi connectivity index (χ0n) is 11.1. The van der Waals surface area contributed by atoms with Crippen LogP contribution >= 0.6 is 0 Å². The average molecular weight is 245 g/mol. The molecule has 0 radical (unpaired) electrons. The van der Waals surface area contributed by atoms with E-state index in [-0.39, 0.29) is 0 Å². The first-order chi connectivity index (χ1) is 8.74. The summed E-state index contributed by atoms with van der Waals surface area (Å²) in [6.45, 7) is 3.09. The molecule has 2 bridgehead atoms. The van der Waals surface area contributed by atoms with Crippen LogP contribution in [0.15, 0.2) is 24.3 Å². The maximum absolute atomic E-state index is 9.75. The smallest absolute Gasteiger partial charge is 0.120 e. The van der Waals surface area contributed by atoms with Crippen molar-refractivity contribution >= 4 is 0 Å². The minimum atomic E-state index is 0.408. The van der Waals surface area contributed by atoms with Crippen LogP contribution in [0.25, 0.3) is 0 Å². The Balaban J connectivity index is 1.56. The molecule has 0 aliphatic heterocycles. The second-order valence-corrected chi connectivity index (χ2v) is 6.14. The number of aromatic hydroxyl groups is 1. The number of nitrogens with one attached hydrogen (secondary N) is 1. The van der Waals surface area contributed by atoms with E-state index in [4.69, 9.17) is 0 Å². The Kier molecular flexibility index (Phi) is 3.29.